The van der Waals surface area contributed by atoms with Crippen molar-refractivity contribution in [3.63, 3.8) is 0 Å². The van der Waals surface area contributed by atoms with Gasteiger partial charge in [-0.15, -0.1) is 22.7 Å². The van der Waals surface area contributed by atoms with Gasteiger partial charge in [-0.25, -0.2) is 9.97 Å². The molecule has 3 aromatic heterocycles. The molecule has 0 bridgehead atoms. The summed E-state index contributed by atoms with van der Waals surface area (Å²) < 4.78 is 1.50. The second kappa shape index (κ2) is 6.45. The van der Waals surface area contributed by atoms with Gasteiger partial charge in [-0.2, -0.15) is 0 Å². The maximum atomic E-state index is 12.6. The molecule has 0 radical (unpaired) electrons. The highest BCUT2D eigenvalue weighted by Crippen LogP contribution is 2.25. The predicted molar refractivity (Wildman–Crippen MR) is 98.2 cm³/mol. The highest BCUT2D eigenvalue weighted by Gasteiger charge is 2.13. The number of aromatic nitrogens is 3. The van der Waals surface area contributed by atoms with Crippen LogP contribution in [0.2, 0.25) is 0 Å². The summed E-state index contributed by atoms with van der Waals surface area (Å²) in [5.41, 5.74) is 1.81. The lowest BCUT2D eigenvalue weighted by Gasteiger charge is -2.05. The Balaban J connectivity index is 1.73. The Hall–Kier alpha value is -2.06. The van der Waals surface area contributed by atoms with Gasteiger partial charge in [-0.05, 0) is 33.3 Å². The van der Waals surface area contributed by atoms with Crippen LogP contribution in [-0.2, 0) is 11.3 Å². The van der Waals surface area contributed by atoms with Gasteiger partial charge in [0.2, 0.25) is 5.91 Å². The Kier molecular flexibility index (Phi) is 4.51. The Labute approximate surface area is 147 Å². The minimum atomic E-state index is -0.158. The van der Waals surface area contributed by atoms with Gasteiger partial charge in [0.05, 0.1) is 17.4 Å². The Morgan fingerprint density at radius 2 is 1.96 bits per heavy atom. The van der Waals surface area contributed by atoms with Gasteiger partial charge >= 0.3 is 0 Å². The summed E-state index contributed by atoms with van der Waals surface area (Å²) in [6.45, 7) is 8.09. The van der Waals surface area contributed by atoms with Crippen molar-refractivity contribution in [2.45, 2.75) is 40.7 Å². The third-order valence-electron chi connectivity index (χ3n) is 4.01. The molecule has 0 fully saturated rings. The van der Waals surface area contributed by atoms with E-state index < -0.39 is 0 Å². The molecule has 0 aliphatic rings. The minimum absolute atomic E-state index is 0.0874. The van der Waals surface area contributed by atoms with Gasteiger partial charge in [0.15, 0.2) is 5.13 Å². The van der Waals surface area contributed by atoms with Crippen molar-refractivity contribution >= 4 is 43.9 Å². The van der Waals surface area contributed by atoms with Crippen LogP contribution in [0.15, 0.2) is 11.1 Å². The summed E-state index contributed by atoms with van der Waals surface area (Å²) in [5.74, 6) is -0.158. The van der Waals surface area contributed by atoms with E-state index >= 15 is 0 Å². The van der Waals surface area contributed by atoms with E-state index in [0.29, 0.717) is 17.1 Å². The van der Waals surface area contributed by atoms with Gasteiger partial charge in [0, 0.05) is 22.7 Å². The van der Waals surface area contributed by atoms with E-state index in [1.165, 1.54) is 33.6 Å². The molecule has 3 aromatic rings. The van der Waals surface area contributed by atoms with Crippen molar-refractivity contribution in [3.8, 4) is 0 Å². The molecule has 1 N–H and O–H groups in total. The molecule has 0 unspecified atom stereocenters. The zero-order valence-corrected chi connectivity index (χ0v) is 15.6. The molecule has 126 valence electrons. The number of nitrogens with one attached hydrogen (secondary N) is 1. The molecule has 1 amide bonds. The fraction of sp³-hybridized carbons (Fsp3) is 0.375. The predicted octanol–water partition coefficient (Wildman–Crippen LogP) is 3.18. The molecule has 0 saturated heterocycles. The van der Waals surface area contributed by atoms with Crippen LogP contribution in [0, 0.1) is 27.7 Å². The third kappa shape index (κ3) is 3.11. The van der Waals surface area contributed by atoms with Crippen LogP contribution in [-0.4, -0.2) is 20.4 Å². The molecule has 3 heterocycles. The number of nitrogens with zero attached hydrogens (tertiary/aromatic N) is 3. The summed E-state index contributed by atoms with van der Waals surface area (Å²) in [5, 5.41) is 4.04. The number of anilines is 1. The monoisotopic (exact) mass is 362 g/mol. The lowest BCUT2D eigenvalue weighted by Crippen LogP contribution is -2.23. The summed E-state index contributed by atoms with van der Waals surface area (Å²) >= 11 is 2.97. The van der Waals surface area contributed by atoms with E-state index in [4.69, 9.17) is 0 Å². The highest BCUT2D eigenvalue weighted by molar-refractivity contribution is 7.18. The average molecular weight is 362 g/mol. The van der Waals surface area contributed by atoms with Crippen LogP contribution in [0.3, 0.4) is 0 Å². The lowest BCUT2D eigenvalue weighted by atomic mass is 10.2. The van der Waals surface area contributed by atoms with Crippen molar-refractivity contribution < 1.29 is 4.79 Å². The fourth-order valence-corrected chi connectivity index (χ4v) is 4.18. The molecule has 8 heteroatoms. The van der Waals surface area contributed by atoms with Crippen LogP contribution < -0.4 is 10.9 Å². The van der Waals surface area contributed by atoms with Gasteiger partial charge < -0.3 is 5.32 Å². The summed E-state index contributed by atoms with van der Waals surface area (Å²) in [6.07, 6.45) is 1.72. The first-order valence-electron chi connectivity index (χ1n) is 7.56. The maximum Gasteiger partial charge on any atom is 0.262 e. The Morgan fingerprint density at radius 1 is 1.21 bits per heavy atom. The van der Waals surface area contributed by atoms with Gasteiger partial charge in [0.25, 0.3) is 5.56 Å². The molecular weight excluding hydrogens is 344 g/mol. The zero-order chi connectivity index (χ0) is 17.4. The molecule has 3 rings (SSSR count). The zero-order valence-electron chi connectivity index (χ0n) is 14.0. The summed E-state index contributed by atoms with van der Waals surface area (Å²) in [4.78, 5) is 36.2. The topological polar surface area (TPSA) is 76.9 Å². The van der Waals surface area contributed by atoms with Gasteiger partial charge in [0.1, 0.15) is 4.83 Å². The summed E-state index contributed by atoms with van der Waals surface area (Å²) in [6, 6.07) is 0. The number of thiophene rings is 1. The number of amides is 1. The molecule has 0 aromatic carbocycles. The van der Waals surface area contributed by atoms with E-state index in [0.717, 1.165) is 25.8 Å². The quantitative estimate of drug-likeness (QED) is 0.773. The number of thiazole rings is 1. The fourth-order valence-electron chi connectivity index (χ4n) is 2.36. The van der Waals surface area contributed by atoms with Crippen molar-refractivity contribution in [2.75, 3.05) is 5.32 Å². The standard InChI is InChI=1S/C16H18N4O2S2/c1-8-10(3)23-14-13(8)15(22)20(7-17-14)6-5-12(21)19-16-18-9(2)11(4)24-16/h7H,5-6H2,1-4H3,(H,18,19,21). The van der Waals surface area contributed by atoms with Crippen molar-refractivity contribution in [1.29, 1.82) is 0 Å². The Morgan fingerprint density at radius 3 is 2.62 bits per heavy atom. The van der Waals surface area contributed by atoms with Crippen molar-refractivity contribution in [3.05, 3.63) is 37.7 Å². The van der Waals surface area contributed by atoms with Gasteiger partial charge in [-0.3, -0.25) is 14.2 Å². The molecule has 0 aliphatic carbocycles. The Bertz CT molecular complexity index is 965. The van der Waals surface area contributed by atoms with Crippen LogP contribution in [0.4, 0.5) is 5.13 Å². The second-order valence-corrected chi connectivity index (χ2v) is 8.07. The largest absolute Gasteiger partial charge is 0.302 e. The second-order valence-electron chi connectivity index (χ2n) is 5.67. The average Bonchev–Trinajstić information content (AvgIpc) is 2.98. The van der Waals surface area contributed by atoms with Gasteiger partial charge in [-0.1, -0.05) is 0 Å². The molecular formula is C16H18N4O2S2. The van der Waals surface area contributed by atoms with E-state index in [2.05, 4.69) is 15.3 Å². The number of carbonyl (C=O) groups is 1. The number of rotatable bonds is 4. The first-order chi connectivity index (χ1) is 11.4. The number of aryl methyl sites for hydroxylation is 5. The molecule has 0 atom stereocenters. The van der Waals surface area contributed by atoms with Crippen LogP contribution >= 0.6 is 22.7 Å². The highest BCUT2D eigenvalue weighted by atomic mass is 32.1. The normalized spacial score (nSPS) is 11.2. The maximum absolute atomic E-state index is 12.6. The van der Waals surface area contributed by atoms with E-state index in [9.17, 15) is 9.59 Å². The molecule has 6 nitrogen and oxygen atoms in total. The smallest absolute Gasteiger partial charge is 0.262 e. The molecule has 0 aliphatic heterocycles. The van der Waals surface area contributed by atoms with E-state index in [1.807, 2.05) is 27.7 Å². The van der Waals surface area contributed by atoms with Crippen molar-refractivity contribution in [2.24, 2.45) is 0 Å². The summed E-state index contributed by atoms with van der Waals surface area (Å²) in [7, 11) is 0. The third-order valence-corrected chi connectivity index (χ3v) is 6.11. The minimum Gasteiger partial charge on any atom is -0.302 e. The number of fused-ring (bicyclic) bond motifs is 1. The van der Waals surface area contributed by atoms with Crippen LogP contribution in [0.5, 0.6) is 0 Å². The SMILES string of the molecule is Cc1nc(NC(=O)CCn2cnc3sc(C)c(C)c3c2=O)sc1C. The van der Waals surface area contributed by atoms with Crippen molar-refractivity contribution in [1.82, 2.24) is 14.5 Å². The first kappa shape index (κ1) is 16.8. The van der Waals surface area contributed by atoms with Crippen LogP contribution in [0.25, 0.3) is 10.2 Å². The van der Waals surface area contributed by atoms with Crippen LogP contribution in [0.1, 0.15) is 27.4 Å². The van der Waals surface area contributed by atoms with E-state index in [1.54, 1.807) is 0 Å². The first-order valence-corrected chi connectivity index (χ1v) is 9.19. The van der Waals surface area contributed by atoms with E-state index in [-0.39, 0.29) is 17.9 Å². The lowest BCUT2D eigenvalue weighted by molar-refractivity contribution is -0.116. The number of hydrogen-bond acceptors (Lipinski definition) is 6. The molecule has 0 saturated carbocycles. The molecule has 0 spiro atoms. The number of carbonyl (C=O) groups excluding carboxylic acids is 1. The molecule has 24 heavy (non-hydrogen) atoms. The number of hydrogen-bond donors (Lipinski definition) is 1.